The quantitative estimate of drug-likeness (QED) is 0.902. The maximum absolute atomic E-state index is 12.8. The van der Waals surface area contributed by atoms with Crippen LogP contribution in [0, 0.1) is 0 Å². The molecule has 1 atom stereocenters. The van der Waals surface area contributed by atoms with Crippen molar-refractivity contribution in [3.63, 3.8) is 0 Å². The van der Waals surface area contributed by atoms with Gasteiger partial charge in [0.15, 0.2) is 0 Å². The Balaban J connectivity index is 1.61. The van der Waals surface area contributed by atoms with Crippen LogP contribution in [-0.4, -0.2) is 53.6 Å². The van der Waals surface area contributed by atoms with Gasteiger partial charge in [-0.15, -0.1) is 0 Å². The number of carbonyl (C=O) groups excluding carboxylic acids is 2. The van der Waals surface area contributed by atoms with Crippen LogP contribution in [0.3, 0.4) is 0 Å². The summed E-state index contributed by atoms with van der Waals surface area (Å²) >= 11 is 0. The Hall–Kier alpha value is -2.37. The first kappa shape index (κ1) is 18.4. The molecule has 0 aliphatic carbocycles. The van der Waals surface area contributed by atoms with Crippen molar-refractivity contribution < 1.29 is 9.59 Å². The Bertz CT molecular complexity index is 696. The summed E-state index contributed by atoms with van der Waals surface area (Å²) in [6.07, 6.45) is 2.81. The lowest BCUT2D eigenvalue weighted by Crippen LogP contribution is -2.48. The molecule has 6 nitrogen and oxygen atoms in total. The summed E-state index contributed by atoms with van der Waals surface area (Å²) in [7, 11) is 1.61. The van der Waals surface area contributed by atoms with E-state index in [4.69, 9.17) is 0 Å². The van der Waals surface area contributed by atoms with Crippen LogP contribution >= 0.6 is 0 Å². The highest BCUT2D eigenvalue weighted by Crippen LogP contribution is 2.21. The van der Waals surface area contributed by atoms with Crippen LogP contribution in [0.4, 0.5) is 5.69 Å². The zero-order valence-corrected chi connectivity index (χ0v) is 15.9. The van der Waals surface area contributed by atoms with Gasteiger partial charge in [-0.05, 0) is 36.5 Å². The predicted molar refractivity (Wildman–Crippen MR) is 103 cm³/mol. The van der Waals surface area contributed by atoms with Crippen molar-refractivity contribution in [2.45, 2.75) is 51.5 Å². The zero-order valence-electron chi connectivity index (χ0n) is 15.9. The summed E-state index contributed by atoms with van der Waals surface area (Å²) in [4.78, 5) is 26.2. The van der Waals surface area contributed by atoms with E-state index in [0.29, 0.717) is 31.0 Å². The molecule has 6 heteroatoms. The number of rotatable bonds is 4. The van der Waals surface area contributed by atoms with Crippen LogP contribution in [0.15, 0.2) is 29.4 Å². The number of benzene rings is 1. The number of hydrogen-bond donors (Lipinski definition) is 1. The second-order valence-electron chi connectivity index (χ2n) is 7.48. The van der Waals surface area contributed by atoms with E-state index in [2.05, 4.69) is 48.5 Å². The van der Waals surface area contributed by atoms with Crippen molar-refractivity contribution in [3.8, 4) is 0 Å². The van der Waals surface area contributed by atoms with E-state index in [9.17, 15) is 9.59 Å². The van der Waals surface area contributed by atoms with Gasteiger partial charge in [0.25, 0.3) is 5.91 Å². The van der Waals surface area contributed by atoms with E-state index in [-0.39, 0.29) is 17.9 Å². The van der Waals surface area contributed by atoms with Crippen molar-refractivity contribution in [1.82, 2.24) is 9.91 Å². The van der Waals surface area contributed by atoms with Crippen LogP contribution in [0.25, 0.3) is 0 Å². The lowest BCUT2D eigenvalue weighted by molar-refractivity contribution is -0.130. The van der Waals surface area contributed by atoms with Gasteiger partial charge >= 0.3 is 0 Å². The maximum atomic E-state index is 12.8. The van der Waals surface area contributed by atoms with Crippen molar-refractivity contribution in [1.29, 1.82) is 0 Å². The Morgan fingerprint density at radius 3 is 2.62 bits per heavy atom. The smallest absolute Gasteiger partial charge is 0.270 e. The molecule has 1 saturated heterocycles. The van der Waals surface area contributed by atoms with Crippen molar-refractivity contribution in [2.75, 3.05) is 25.5 Å². The average molecular weight is 356 g/mol. The van der Waals surface area contributed by atoms with Crippen LogP contribution in [0.2, 0.25) is 0 Å². The second kappa shape index (κ2) is 7.89. The normalized spacial score (nSPS) is 21.0. The van der Waals surface area contributed by atoms with Crippen LogP contribution < -0.4 is 5.32 Å². The molecule has 1 fully saturated rings. The van der Waals surface area contributed by atoms with Crippen molar-refractivity contribution >= 4 is 23.2 Å². The Kier molecular flexibility index (Phi) is 5.59. The van der Waals surface area contributed by atoms with Gasteiger partial charge in [-0.1, -0.05) is 26.0 Å². The molecular weight excluding hydrogens is 328 g/mol. The molecule has 2 amide bonds. The third-order valence-corrected chi connectivity index (χ3v) is 5.11. The SMILES string of the molecule is CC(C)c1ccc(N[C@H]2CCCN(C(=O)C3=NN(C)C(=O)CC3)C2)cc1. The number of hydrazone groups is 1. The standard InChI is InChI=1S/C20H28N4O2/c1-14(2)15-6-8-16(9-7-15)21-17-5-4-12-24(13-17)20(26)18-10-11-19(25)23(3)22-18/h6-9,14,17,21H,4-5,10-13H2,1-3H3/t17-/m0/s1. The Labute approximate surface area is 155 Å². The van der Waals surface area contributed by atoms with Gasteiger partial charge in [0, 0.05) is 44.7 Å². The van der Waals surface area contributed by atoms with E-state index in [0.717, 1.165) is 25.1 Å². The number of carbonyl (C=O) groups is 2. The fourth-order valence-electron chi connectivity index (χ4n) is 3.49. The zero-order chi connectivity index (χ0) is 18.7. The molecule has 0 radical (unpaired) electrons. The lowest BCUT2D eigenvalue weighted by atomic mass is 10.0. The lowest BCUT2D eigenvalue weighted by Gasteiger charge is -2.34. The van der Waals surface area contributed by atoms with Gasteiger partial charge in [0.1, 0.15) is 5.71 Å². The molecule has 2 aliphatic rings. The topological polar surface area (TPSA) is 65.0 Å². The first-order valence-corrected chi connectivity index (χ1v) is 9.44. The molecule has 2 aliphatic heterocycles. The van der Waals surface area contributed by atoms with Crippen LogP contribution in [-0.2, 0) is 9.59 Å². The molecule has 1 aromatic carbocycles. The highest BCUT2D eigenvalue weighted by molar-refractivity contribution is 6.39. The minimum atomic E-state index is -0.0374. The van der Waals surface area contributed by atoms with E-state index in [1.165, 1.54) is 10.6 Å². The molecule has 0 bridgehead atoms. The molecule has 3 rings (SSSR count). The number of nitrogens with one attached hydrogen (secondary N) is 1. The summed E-state index contributed by atoms with van der Waals surface area (Å²) in [5.74, 6) is 0.448. The van der Waals surface area contributed by atoms with Crippen LogP contribution in [0.1, 0.15) is 51.0 Å². The van der Waals surface area contributed by atoms with E-state index in [1.807, 2.05) is 4.90 Å². The summed E-state index contributed by atoms with van der Waals surface area (Å²) < 4.78 is 0. The van der Waals surface area contributed by atoms with Gasteiger partial charge < -0.3 is 10.2 Å². The van der Waals surface area contributed by atoms with Gasteiger partial charge in [-0.25, -0.2) is 5.01 Å². The first-order valence-electron chi connectivity index (χ1n) is 9.44. The minimum absolute atomic E-state index is 0.0361. The summed E-state index contributed by atoms with van der Waals surface area (Å²) in [5, 5.41) is 9.00. The van der Waals surface area contributed by atoms with E-state index < -0.39 is 0 Å². The second-order valence-corrected chi connectivity index (χ2v) is 7.48. The summed E-state index contributed by atoms with van der Waals surface area (Å²) in [6.45, 7) is 5.79. The Morgan fingerprint density at radius 1 is 1.23 bits per heavy atom. The van der Waals surface area contributed by atoms with Gasteiger partial charge in [-0.3, -0.25) is 9.59 Å². The van der Waals surface area contributed by atoms with Crippen LogP contribution in [0.5, 0.6) is 0 Å². The number of anilines is 1. The monoisotopic (exact) mass is 356 g/mol. The number of hydrogen-bond acceptors (Lipinski definition) is 4. The summed E-state index contributed by atoms with van der Waals surface area (Å²) in [5.41, 5.74) is 2.91. The number of piperidine rings is 1. The predicted octanol–water partition coefficient (Wildman–Crippen LogP) is 2.82. The minimum Gasteiger partial charge on any atom is -0.381 e. The Morgan fingerprint density at radius 2 is 1.96 bits per heavy atom. The highest BCUT2D eigenvalue weighted by Gasteiger charge is 2.29. The molecular formula is C20H28N4O2. The molecule has 0 aromatic heterocycles. The third kappa shape index (κ3) is 4.23. The van der Waals surface area contributed by atoms with Gasteiger partial charge in [-0.2, -0.15) is 5.10 Å². The molecule has 1 aromatic rings. The third-order valence-electron chi connectivity index (χ3n) is 5.11. The molecule has 0 spiro atoms. The maximum Gasteiger partial charge on any atom is 0.270 e. The van der Waals surface area contributed by atoms with E-state index >= 15 is 0 Å². The summed E-state index contributed by atoms with van der Waals surface area (Å²) in [6, 6.07) is 8.77. The molecule has 0 unspecified atom stereocenters. The highest BCUT2D eigenvalue weighted by atomic mass is 16.2. The first-order chi connectivity index (χ1) is 12.4. The fourth-order valence-corrected chi connectivity index (χ4v) is 3.49. The number of amides is 2. The van der Waals surface area contributed by atoms with Crippen molar-refractivity contribution in [3.05, 3.63) is 29.8 Å². The molecule has 1 N–H and O–H groups in total. The molecule has 2 heterocycles. The average Bonchev–Trinajstić information content (AvgIpc) is 2.64. The number of nitrogens with zero attached hydrogens (tertiary/aromatic N) is 3. The van der Waals surface area contributed by atoms with Crippen molar-refractivity contribution in [2.24, 2.45) is 5.10 Å². The number of likely N-dealkylation sites (tertiary alicyclic amines) is 1. The molecule has 26 heavy (non-hydrogen) atoms. The molecule has 0 saturated carbocycles. The van der Waals surface area contributed by atoms with Gasteiger partial charge in [0.2, 0.25) is 5.91 Å². The molecule has 140 valence electrons. The van der Waals surface area contributed by atoms with E-state index in [1.54, 1.807) is 7.05 Å². The fraction of sp³-hybridized carbons (Fsp3) is 0.550. The van der Waals surface area contributed by atoms with Gasteiger partial charge in [0.05, 0.1) is 0 Å². The largest absolute Gasteiger partial charge is 0.381 e.